The molecule has 0 saturated carbocycles. The number of nitrogens with one attached hydrogen (secondary N) is 1. The Kier molecular flexibility index (Phi) is 4.08. The molecule has 2 aromatic carbocycles. The summed E-state index contributed by atoms with van der Waals surface area (Å²) in [7, 11) is 0. The Morgan fingerprint density at radius 2 is 2.04 bits per heavy atom. The van der Waals surface area contributed by atoms with Gasteiger partial charge in [-0.2, -0.15) is 20.1 Å². The summed E-state index contributed by atoms with van der Waals surface area (Å²) in [6.45, 7) is 0. The third kappa shape index (κ3) is 3.22. The first-order chi connectivity index (χ1) is 11.2. The normalized spacial score (nSPS) is 10.8. The van der Waals surface area contributed by atoms with Gasteiger partial charge in [-0.05, 0) is 42.0 Å². The molecule has 7 heteroatoms. The van der Waals surface area contributed by atoms with Crippen LogP contribution in [0.25, 0.3) is 11.4 Å². The van der Waals surface area contributed by atoms with Gasteiger partial charge < -0.3 is 0 Å². The van der Waals surface area contributed by atoms with Crippen LogP contribution in [-0.4, -0.2) is 21.1 Å². The van der Waals surface area contributed by atoms with Crippen LogP contribution in [0.4, 0.5) is 4.39 Å². The monoisotopic (exact) mass is 323 g/mol. The highest BCUT2D eigenvalue weighted by molar-refractivity contribution is 7.71. The van der Waals surface area contributed by atoms with Gasteiger partial charge in [0.1, 0.15) is 5.82 Å². The lowest BCUT2D eigenvalue weighted by molar-refractivity contribution is 0.628. The first kappa shape index (κ1) is 14.8. The van der Waals surface area contributed by atoms with E-state index in [1.165, 1.54) is 16.8 Å². The molecule has 0 radical (unpaired) electrons. The van der Waals surface area contributed by atoms with Crippen molar-refractivity contribution < 1.29 is 4.39 Å². The van der Waals surface area contributed by atoms with Crippen molar-refractivity contribution in [3.63, 3.8) is 0 Å². The SMILES string of the molecule is N#Cc1ccc(/C=N\n2c(-c3cccc(F)c3)n[nH]c2=S)cc1. The van der Waals surface area contributed by atoms with Gasteiger partial charge in [-0.1, -0.05) is 24.3 Å². The van der Waals surface area contributed by atoms with Crippen molar-refractivity contribution in [2.75, 3.05) is 0 Å². The number of nitriles is 1. The summed E-state index contributed by atoms with van der Waals surface area (Å²) >= 11 is 5.15. The minimum atomic E-state index is -0.362. The van der Waals surface area contributed by atoms with Crippen LogP contribution in [0.5, 0.6) is 0 Å². The summed E-state index contributed by atoms with van der Waals surface area (Å²) in [5.74, 6) is 0.0541. The molecule has 0 atom stereocenters. The molecule has 0 saturated heterocycles. The molecule has 3 aromatic rings. The van der Waals surface area contributed by atoms with Crippen LogP contribution in [0.15, 0.2) is 53.6 Å². The lowest BCUT2D eigenvalue weighted by Gasteiger charge is -2.01. The third-order valence-corrected chi connectivity index (χ3v) is 3.36. The molecular weight excluding hydrogens is 313 g/mol. The number of H-pyrrole nitrogens is 1. The highest BCUT2D eigenvalue weighted by atomic mass is 32.1. The second-order valence-corrected chi connectivity index (χ2v) is 5.04. The van der Waals surface area contributed by atoms with E-state index in [1.54, 1.807) is 42.6 Å². The number of hydrogen-bond acceptors (Lipinski definition) is 4. The average Bonchev–Trinajstić information content (AvgIpc) is 2.94. The quantitative estimate of drug-likeness (QED) is 0.592. The molecule has 5 nitrogen and oxygen atoms in total. The molecule has 0 spiro atoms. The first-order valence-electron chi connectivity index (χ1n) is 6.65. The summed E-state index contributed by atoms with van der Waals surface area (Å²) in [4.78, 5) is 0. The van der Waals surface area contributed by atoms with Gasteiger partial charge in [0.2, 0.25) is 4.77 Å². The number of hydrogen-bond donors (Lipinski definition) is 1. The average molecular weight is 323 g/mol. The largest absolute Gasteiger partial charge is 0.250 e. The van der Waals surface area contributed by atoms with Gasteiger partial charge in [0.15, 0.2) is 5.82 Å². The van der Waals surface area contributed by atoms with Crippen molar-refractivity contribution in [1.29, 1.82) is 5.26 Å². The van der Waals surface area contributed by atoms with Gasteiger partial charge in [0.25, 0.3) is 0 Å². The van der Waals surface area contributed by atoms with E-state index in [0.717, 1.165) is 5.56 Å². The first-order valence-corrected chi connectivity index (χ1v) is 7.06. The van der Waals surface area contributed by atoms with Crippen molar-refractivity contribution in [3.05, 3.63) is 70.2 Å². The Balaban J connectivity index is 1.97. The third-order valence-electron chi connectivity index (χ3n) is 3.10. The van der Waals surface area contributed by atoms with E-state index in [0.29, 0.717) is 21.7 Å². The summed E-state index contributed by atoms with van der Waals surface area (Å²) in [5.41, 5.74) is 1.94. The molecule has 0 amide bonds. The van der Waals surface area contributed by atoms with Crippen LogP contribution in [0.3, 0.4) is 0 Å². The van der Waals surface area contributed by atoms with Gasteiger partial charge in [0, 0.05) is 5.56 Å². The number of aromatic nitrogens is 3. The lowest BCUT2D eigenvalue weighted by atomic mass is 10.2. The minimum Gasteiger partial charge on any atom is -0.250 e. The number of rotatable bonds is 3. The maximum absolute atomic E-state index is 13.4. The van der Waals surface area contributed by atoms with E-state index in [9.17, 15) is 4.39 Å². The maximum atomic E-state index is 13.4. The molecule has 0 aliphatic carbocycles. The van der Waals surface area contributed by atoms with Gasteiger partial charge in [-0.3, -0.25) is 0 Å². The van der Waals surface area contributed by atoms with E-state index in [4.69, 9.17) is 17.5 Å². The van der Waals surface area contributed by atoms with Crippen molar-refractivity contribution in [2.24, 2.45) is 5.10 Å². The van der Waals surface area contributed by atoms with E-state index < -0.39 is 0 Å². The molecule has 0 unspecified atom stereocenters. The fourth-order valence-electron chi connectivity index (χ4n) is 1.98. The topological polar surface area (TPSA) is 69.8 Å². The second kappa shape index (κ2) is 6.34. The molecule has 1 aromatic heterocycles. The van der Waals surface area contributed by atoms with Crippen LogP contribution in [0.1, 0.15) is 11.1 Å². The number of aromatic amines is 1. The summed E-state index contributed by atoms with van der Waals surface area (Å²) in [5, 5.41) is 19.8. The van der Waals surface area contributed by atoms with Crippen molar-refractivity contribution >= 4 is 18.4 Å². The van der Waals surface area contributed by atoms with E-state index in [-0.39, 0.29) is 5.82 Å². The molecule has 0 aliphatic rings. The van der Waals surface area contributed by atoms with Gasteiger partial charge in [-0.15, -0.1) is 0 Å². The molecule has 112 valence electrons. The molecule has 1 heterocycles. The molecule has 23 heavy (non-hydrogen) atoms. The smallest absolute Gasteiger partial charge is 0.216 e. The van der Waals surface area contributed by atoms with E-state index in [1.807, 2.05) is 0 Å². The second-order valence-electron chi connectivity index (χ2n) is 4.65. The zero-order valence-corrected chi connectivity index (χ0v) is 12.6. The lowest BCUT2D eigenvalue weighted by Crippen LogP contribution is -1.95. The maximum Gasteiger partial charge on any atom is 0.216 e. The Bertz CT molecular complexity index is 963. The van der Waals surface area contributed by atoms with Crippen LogP contribution in [0, 0.1) is 21.9 Å². The van der Waals surface area contributed by atoms with Gasteiger partial charge in [-0.25, -0.2) is 9.49 Å². The van der Waals surface area contributed by atoms with Gasteiger partial charge >= 0.3 is 0 Å². The van der Waals surface area contributed by atoms with Crippen molar-refractivity contribution in [3.8, 4) is 17.5 Å². The van der Waals surface area contributed by atoms with Crippen LogP contribution in [-0.2, 0) is 0 Å². The zero-order valence-electron chi connectivity index (χ0n) is 11.8. The number of halogens is 1. The number of nitrogens with zero attached hydrogens (tertiary/aromatic N) is 4. The molecule has 0 bridgehead atoms. The predicted octanol–water partition coefficient (Wildman–Crippen LogP) is 3.50. The highest BCUT2D eigenvalue weighted by Gasteiger charge is 2.08. The Morgan fingerprint density at radius 3 is 2.74 bits per heavy atom. The Morgan fingerprint density at radius 1 is 1.26 bits per heavy atom. The molecule has 0 aliphatic heterocycles. The molecule has 0 fully saturated rings. The van der Waals surface area contributed by atoms with E-state index in [2.05, 4.69) is 21.4 Å². The fraction of sp³-hybridized carbons (Fsp3) is 0. The predicted molar refractivity (Wildman–Crippen MR) is 87.0 cm³/mol. The standard InChI is InChI=1S/C16H10FN5S/c17-14-3-1-2-13(8-14)15-20-21-16(23)22(15)19-10-12-6-4-11(9-18)5-7-12/h1-8,10H,(H,21,23)/b19-10-. The van der Waals surface area contributed by atoms with Crippen molar-refractivity contribution in [2.45, 2.75) is 0 Å². The van der Waals surface area contributed by atoms with Crippen LogP contribution in [0.2, 0.25) is 0 Å². The Labute approximate surface area is 136 Å². The summed E-state index contributed by atoms with van der Waals surface area (Å²) in [6, 6.07) is 15.0. The van der Waals surface area contributed by atoms with Crippen LogP contribution < -0.4 is 0 Å². The molecular formula is C16H10FN5S. The minimum absolute atomic E-state index is 0.300. The van der Waals surface area contributed by atoms with Crippen molar-refractivity contribution in [1.82, 2.24) is 14.9 Å². The molecule has 3 rings (SSSR count). The number of benzene rings is 2. The highest BCUT2D eigenvalue weighted by Crippen LogP contribution is 2.18. The zero-order chi connectivity index (χ0) is 16.2. The van der Waals surface area contributed by atoms with Crippen LogP contribution >= 0.6 is 12.2 Å². The Hall–Kier alpha value is -3.11. The van der Waals surface area contributed by atoms with E-state index >= 15 is 0 Å². The summed E-state index contributed by atoms with van der Waals surface area (Å²) in [6.07, 6.45) is 1.59. The fourth-order valence-corrected chi connectivity index (χ4v) is 2.16. The van der Waals surface area contributed by atoms with Gasteiger partial charge in [0.05, 0.1) is 17.8 Å². The molecule has 1 N–H and O–H groups in total. The summed E-state index contributed by atoms with van der Waals surface area (Å²) < 4.78 is 15.1.